The van der Waals surface area contributed by atoms with Crippen molar-refractivity contribution in [1.82, 2.24) is 10.0 Å². The maximum atomic E-state index is 13.4. The molecule has 0 amide bonds. The van der Waals surface area contributed by atoms with Gasteiger partial charge in [0, 0.05) is 18.7 Å². The van der Waals surface area contributed by atoms with Gasteiger partial charge in [-0.3, -0.25) is 0 Å². The molecule has 1 aromatic rings. The Bertz CT molecular complexity index is 499. The van der Waals surface area contributed by atoms with Crippen molar-refractivity contribution in [3.05, 3.63) is 35.6 Å². The quantitative estimate of drug-likeness (QED) is 0.859. The topological polar surface area (TPSA) is 58.2 Å². The summed E-state index contributed by atoms with van der Waals surface area (Å²) in [6, 6.07) is 6.18. The number of nitrogens with one attached hydrogen (secondary N) is 2. The summed E-state index contributed by atoms with van der Waals surface area (Å²) < 4.78 is 39.8. The molecule has 0 saturated carbocycles. The van der Waals surface area contributed by atoms with Crippen LogP contribution in [-0.4, -0.2) is 26.8 Å². The van der Waals surface area contributed by atoms with Gasteiger partial charge in [-0.2, -0.15) is 0 Å². The van der Waals surface area contributed by atoms with E-state index in [0.717, 1.165) is 13.0 Å². The van der Waals surface area contributed by atoms with E-state index < -0.39 is 15.3 Å². The van der Waals surface area contributed by atoms with E-state index in [1.165, 1.54) is 6.07 Å². The molecule has 0 radical (unpaired) electrons. The van der Waals surface area contributed by atoms with Crippen molar-refractivity contribution in [3.8, 4) is 0 Å². The number of hydrogen-bond donors (Lipinski definition) is 2. The normalized spacial score (nSPS) is 20.8. The van der Waals surface area contributed by atoms with Crippen molar-refractivity contribution in [2.75, 3.05) is 13.1 Å². The molecule has 100 valence electrons. The summed E-state index contributed by atoms with van der Waals surface area (Å²) in [4.78, 5) is 0. The summed E-state index contributed by atoms with van der Waals surface area (Å²) in [5, 5.41) is 2.64. The number of rotatable bonds is 4. The van der Waals surface area contributed by atoms with E-state index >= 15 is 0 Å². The lowest BCUT2D eigenvalue weighted by Gasteiger charge is -2.23. The van der Waals surface area contributed by atoms with E-state index in [1.54, 1.807) is 18.2 Å². The Morgan fingerprint density at radius 1 is 1.39 bits per heavy atom. The van der Waals surface area contributed by atoms with Crippen LogP contribution in [0.1, 0.15) is 18.4 Å². The first-order valence-electron chi connectivity index (χ1n) is 6.02. The van der Waals surface area contributed by atoms with Crippen LogP contribution in [0.3, 0.4) is 0 Å². The minimum absolute atomic E-state index is 0.00546. The van der Waals surface area contributed by atoms with Gasteiger partial charge in [-0.1, -0.05) is 18.2 Å². The highest BCUT2D eigenvalue weighted by molar-refractivity contribution is 7.90. The van der Waals surface area contributed by atoms with Gasteiger partial charge in [-0.05, 0) is 25.5 Å². The highest BCUT2D eigenvalue weighted by Gasteiger charge is 2.26. The number of sulfonamides is 1. The second-order valence-corrected chi connectivity index (χ2v) is 6.47. The number of piperidine rings is 1. The van der Waals surface area contributed by atoms with Gasteiger partial charge < -0.3 is 5.32 Å². The van der Waals surface area contributed by atoms with Crippen molar-refractivity contribution in [3.63, 3.8) is 0 Å². The van der Waals surface area contributed by atoms with Gasteiger partial charge in [0.2, 0.25) is 10.0 Å². The van der Waals surface area contributed by atoms with E-state index in [1.807, 2.05) is 0 Å². The Labute approximate surface area is 107 Å². The summed E-state index contributed by atoms with van der Waals surface area (Å²) in [5.41, 5.74) is 0.366. The molecule has 1 heterocycles. The maximum absolute atomic E-state index is 13.4. The lowest BCUT2D eigenvalue weighted by Crippen LogP contribution is -2.44. The lowest BCUT2D eigenvalue weighted by molar-refractivity contribution is 0.489. The zero-order valence-electron chi connectivity index (χ0n) is 10.0. The van der Waals surface area contributed by atoms with E-state index in [0.29, 0.717) is 18.5 Å². The monoisotopic (exact) mass is 272 g/mol. The van der Waals surface area contributed by atoms with Crippen LogP contribution in [-0.2, 0) is 16.6 Å². The molecule has 18 heavy (non-hydrogen) atoms. The fourth-order valence-corrected chi connectivity index (χ4v) is 3.43. The van der Waals surface area contributed by atoms with Crippen LogP contribution < -0.4 is 10.0 Å². The Kier molecular flexibility index (Phi) is 4.31. The molecule has 2 N–H and O–H groups in total. The first-order chi connectivity index (χ1) is 8.59. The van der Waals surface area contributed by atoms with E-state index in [2.05, 4.69) is 10.0 Å². The molecule has 0 aromatic heterocycles. The average molecular weight is 272 g/mol. The smallest absolute Gasteiger partial charge is 0.216 e. The van der Waals surface area contributed by atoms with Crippen LogP contribution in [0.4, 0.5) is 4.39 Å². The van der Waals surface area contributed by atoms with E-state index in [-0.39, 0.29) is 12.4 Å². The van der Waals surface area contributed by atoms with Gasteiger partial charge in [0.1, 0.15) is 5.82 Å². The van der Waals surface area contributed by atoms with Crippen molar-refractivity contribution < 1.29 is 12.8 Å². The first kappa shape index (κ1) is 13.5. The standard InChI is InChI=1S/C12H17FN2O2S/c13-12-6-2-1-4-10(12)8-15-18(16,17)11-5-3-7-14-9-11/h1-2,4,6,11,14-15H,3,5,7-9H2. The molecule has 0 bridgehead atoms. The number of benzene rings is 1. The van der Waals surface area contributed by atoms with Crippen LogP contribution in [0.25, 0.3) is 0 Å². The molecule has 1 fully saturated rings. The minimum atomic E-state index is -3.38. The largest absolute Gasteiger partial charge is 0.315 e. The van der Waals surface area contributed by atoms with Crippen molar-refractivity contribution in [2.24, 2.45) is 0 Å². The van der Waals surface area contributed by atoms with Crippen molar-refractivity contribution in [1.29, 1.82) is 0 Å². The molecule has 1 aromatic carbocycles. The van der Waals surface area contributed by atoms with Gasteiger partial charge in [-0.15, -0.1) is 0 Å². The summed E-state index contributed by atoms with van der Waals surface area (Å²) >= 11 is 0. The zero-order valence-corrected chi connectivity index (χ0v) is 10.8. The molecule has 4 nitrogen and oxygen atoms in total. The highest BCUT2D eigenvalue weighted by atomic mass is 32.2. The number of hydrogen-bond acceptors (Lipinski definition) is 3. The summed E-state index contributed by atoms with van der Waals surface area (Å²) in [6.45, 7) is 1.33. The maximum Gasteiger partial charge on any atom is 0.216 e. The molecule has 0 aliphatic carbocycles. The van der Waals surface area contributed by atoms with Crippen molar-refractivity contribution >= 4 is 10.0 Å². The van der Waals surface area contributed by atoms with Crippen LogP contribution >= 0.6 is 0 Å². The molecule has 6 heteroatoms. The molecular formula is C12H17FN2O2S. The molecular weight excluding hydrogens is 255 g/mol. The SMILES string of the molecule is O=S(=O)(NCc1ccccc1F)C1CCCNC1. The number of halogens is 1. The molecule has 1 aliphatic heterocycles. The van der Waals surface area contributed by atoms with Gasteiger partial charge in [0.05, 0.1) is 5.25 Å². The Morgan fingerprint density at radius 3 is 2.83 bits per heavy atom. The van der Waals surface area contributed by atoms with Gasteiger partial charge in [0.15, 0.2) is 0 Å². The predicted molar refractivity (Wildman–Crippen MR) is 68.1 cm³/mol. The Morgan fingerprint density at radius 2 is 2.17 bits per heavy atom. The van der Waals surface area contributed by atoms with E-state index in [9.17, 15) is 12.8 Å². The van der Waals surface area contributed by atoms with Crippen LogP contribution in [0.15, 0.2) is 24.3 Å². The summed E-state index contributed by atoms with van der Waals surface area (Å²) in [5.74, 6) is -0.387. The molecule has 2 rings (SSSR count). The van der Waals surface area contributed by atoms with Crippen molar-refractivity contribution in [2.45, 2.75) is 24.6 Å². The third-order valence-electron chi connectivity index (χ3n) is 3.11. The van der Waals surface area contributed by atoms with Crippen LogP contribution in [0.5, 0.6) is 0 Å². The van der Waals surface area contributed by atoms with Crippen LogP contribution in [0.2, 0.25) is 0 Å². The minimum Gasteiger partial charge on any atom is -0.315 e. The lowest BCUT2D eigenvalue weighted by atomic mass is 10.2. The molecule has 1 atom stereocenters. The van der Waals surface area contributed by atoms with Crippen LogP contribution in [0, 0.1) is 5.82 Å². The van der Waals surface area contributed by atoms with Gasteiger partial charge in [-0.25, -0.2) is 17.5 Å². The fraction of sp³-hybridized carbons (Fsp3) is 0.500. The highest BCUT2D eigenvalue weighted by Crippen LogP contribution is 2.12. The fourth-order valence-electron chi connectivity index (χ4n) is 2.02. The first-order valence-corrected chi connectivity index (χ1v) is 7.57. The molecule has 0 spiro atoms. The summed E-state index contributed by atoms with van der Waals surface area (Å²) in [6.07, 6.45) is 1.50. The van der Waals surface area contributed by atoms with Gasteiger partial charge in [0.25, 0.3) is 0 Å². The second kappa shape index (κ2) is 5.77. The Hall–Kier alpha value is -0.980. The molecule has 1 unspecified atom stereocenters. The Balaban J connectivity index is 1.98. The predicted octanol–water partition coefficient (Wildman–Crippen LogP) is 0.997. The van der Waals surface area contributed by atoms with Gasteiger partial charge >= 0.3 is 0 Å². The average Bonchev–Trinajstić information content (AvgIpc) is 2.39. The second-order valence-electron chi connectivity index (χ2n) is 4.43. The summed E-state index contributed by atoms with van der Waals surface area (Å²) in [7, 11) is -3.38. The molecule has 1 aliphatic rings. The third kappa shape index (κ3) is 3.28. The zero-order chi connectivity index (χ0) is 13.0. The molecule has 1 saturated heterocycles. The van der Waals surface area contributed by atoms with E-state index in [4.69, 9.17) is 0 Å². The third-order valence-corrected chi connectivity index (χ3v) is 4.94.